The van der Waals surface area contributed by atoms with Gasteiger partial charge in [0.15, 0.2) is 0 Å². The average molecular weight is 184 g/mol. The van der Waals surface area contributed by atoms with Crippen molar-refractivity contribution in [3.63, 3.8) is 0 Å². The first-order valence-corrected chi connectivity index (χ1v) is 4.96. The fourth-order valence-electron chi connectivity index (χ4n) is 1.60. The van der Waals surface area contributed by atoms with E-state index in [0.29, 0.717) is 0 Å². The Morgan fingerprint density at radius 2 is 2.00 bits per heavy atom. The minimum atomic E-state index is -0.223. The Morgan fingerprint density at radius 1 is 1.31 bits per heavy atom. The molecule has 3 nitrogen and oxygen atoms in total. The second-order valence-electron chi connectivity index (χ2n) is 3.46. The molecule has 0 radical (unpaired) electrons. The summed E-state index contributed by atoms with van der Waals surface area (Å²) in [5, 5.41) is 0. The Morgan fingerprint density at radius 3 is 2.62 bits per heavy atom. The van der Waals surface area contributed by atoms with E-state index < -0.39 is 0 Å². The lowest BCUT2D eigenvalue weighted by Crippen LogP contribution is -2.20. The summed E-state index contributed by atoms with van der Waals surface area (Å²) in [6.45, 7) is 0. The van der Waals surface area contributed by atoms with Gasteiger partial charge in [0.2, 0.25) is 0 Å². The third-order valence-corrected chi connectivity index (χ3v) is 2.32. The van der Waals surface area contributed by atoms with Crippen LogP contribution >= 0.6 is 0 Å². The highest BCUT2D eigenvalue weighted by molar-refractivity contribution is 5.72. The Balaban J connectivity index is 2.14. The Hall–Kier alpha value is -0.860. The van der Waals surface area contributed by atoms with Crippen molar-refractivity contribution >= 4 is 12.3 Å². The van der Waals surface area contributed by atoms with Crippen molar-refractivity contribution in [3.8, 4) is 0 Å². The topological polar surface area (TPSA) is 43.4 Å². The number of aldehydes is 1. The first kappa shape index (κ1) is 10.2. The van der Waals surface area contributed by atoms with Gasteiger partial charge in [-0.25, -0.2) is 0 Å². The number of rotatable bonds is 4. The Kier molecular flexibility index (Phi) is 4.50. The first-order valence-electron chi connectivity index (χ1n) is 4.96. The molecule has 1 aliphatic carbocycles. The molecule has 1 aliphatic rings. The van der Waals surface area contributed by atoms with E-state index in [-0.39, 0.29) is 24.9 Å². The number of hydrogen-bond donors (Lipinski definition) is 0. The van der Waals surface area contributed by atoms with Gasteiger partial charge in [-0.05, 0) is 25.7 Å². The standard InChI is InChI=1S/C10H16O3/c11-8-4-7-10(12)13-9-5-2-1-3-6-9/h8-9H,1-7H2. The van der Waals surface area contributed by atoms with Crippen LogP contribution in [0.2, 0.25) is 0 Å². The molecule has 0 aromatic heterocycles. The Labute approximate surface area is 78.5 Å². The van der Waals surface area contributed by atoms with Crippen LogP contribution < -0.4 is 0 Å². The fraction of sp³-hybridized carbons (Fsp3) is 0.800. The highest BCUT2D eigenvalue weighted by atomic mass is 16.5. The number of carbonyl (C=O) groups excluding carboxylic acids is 2. The monoisotopic (exact) mass is 184 g/mol. The van der Waals surface area contributed by atoms with Crippen LogP contribution in [0.1, 0.15) is 44.9 Å². The summed E-state index contributed by atoms with van der Waals surface area (Å²) < 4.78 is 5.20. The molecule has 0 aromatic carbocycles. The van der Waals surface area contributed by atoms with Gasteiger partial charge in [0, 0.05) is 6.42 Å². The van der Waals surface area contributed by atoms with Crippen molar-refractivity contribution < 1.29 is 14.3 Å². The van der Waals surface area contributed by atoms with E-state index in [9.17, 15) is 9.59 Å². The summed E-state index contributed by atoms with van der Waals surface area (Å²) in [5.41, 5.74) is 0. The summed E-state index contributed by atoms with van der Waals surface area (Å²) in [4.78, 5) is 21.1. The zero-order valence-electron chi connectivity index (χ0n) is 7.83. The van der Waals surface area contributed by atoms with Gasteiger partial charge in [-0.2, -0.15) is 0 Å². The van der Waals surface area contributed by atoms with Gasteiger partial charge >= 0.3 is 5.97 Å². The molecule has 0 N–H and O–H groups in total. The first-order chi connectivity index (χ1) is 6.33. The molecule has 0 saturated heterocycles. The van der Waals surface area contributed by atoms with Gasteiger partial charge in [-0.1, -0.05) is 6.42 Å². The zero-order valence-corrected chi connectivity index (χ0v) is 7.83. The molecule has 0 amide bonds. The van der Waals surface area contributed by atoms with Crippen LogP contribution in [0.3, 0.4) is 0 Å². The second-order valence-corrected chi connectivity index (χ2v) is 3.46. The van der Waals surface area contributed by atoms with E-state index >= 15 is 0 Å². The minimum absolute atomic E-state index is 0.118. The minimum Gasteiger partial charge on any atom is -0.462 e. The molecular weight excluding hydrogens is 168 g/mol. The molecule has 0 atom stereocenters. The normalized spacial score (nSPS) is 18.2. The zero-order chi connectivity index (χ0) is 9.52. The molecule has 0 bridgehead atoms. The SMILES string of the molecule is O=CCCC(=O)OC1CCCCC1. The van der Waals surface area contributed by atoms with Crippen molar-refractivity contribution in [1.29, 1.82) is 0 Å². The predicted molar refractivity (Wildman–Crippen MR) is 48.3 cm³/mol. The fourth-order valence-corrected chi connectivity index (χ4v) is 1.60. The average Bonchev–Trinajstić information content (AvgIpc) is 2.16. The van der Waals surface area contributed by atoms with Crippen molar-refractivity contribution in [2.75, 3.05) is 0 Å². The van der Waals surface area contributed by atoms with Gasteiger partial charge in [0.1, 0.15) is 12.4 Å². The smallest absolute Gasteiger partial charge is 0.306 e. The van der Waals surface area contributed by atoms with Crippen LogP contribution in [0.25, 0.3) is 0 Å². The lowest BCUT2D eigenvalue weighted by atomic mass is 9.98. The number of esters is 1. The lowest BCUT2D eigenvalue weighted by molar-refractivity contribution is -0.151. The maximum absolute atomic E-state index is 11.1. The van der Waals surface area contributed by atoms with E-state index in [4.69, 9.17) is 4.74 Å². The third kappa shape index (κ3) is 4.06. The van der Waals surface area contributed by atoms with E-state index in [2.05, 4.69) is 0 Å². The summed E-state index contributed by atoms with van der Waals surface area (Å²) in [7, 11) is 0. The van der Waals surface area contributed by atoms with Crippen LogP contribution in [0.4, 0.5) is 0 Å². The van der Waals surface area contributed by atoms with E-state index in [1.54, 1.807) is 0 Å². The molecule has 0 heterocycles. The van der Waals surface area contributed by atoms with Crippen molar-refractivity contribution in [3.05, 3.63) is 0 Å². The highest BCUT2D eigenvalue weighted by Gasteiger charge is 2.16. The summed E-state index contributed by atoms with van der Waals surface area (Å²) >= 11 is 0. The molecule has 1 rings (SSSR count). The number of hydrogen-bond acceptors (Lipinski definition) is 3. The molecule has 13 heavy (non-hydrogen) atoms. The van der Waals surface area contributed by atoms with E-state index in [1.165, 1.54) is 6.42 Å². The molecule has 0 aliphatic heterocycles. The molecule has 0 spiro atoms. The maximum atomic E-state index is 11.1. The molecule has 0 aromatic rings. The van der Waals surface area contributed by atoms with E-state index in [1.807, 2.05) is 0 Å². The lowest BCUT2D eigenvalue weighted by Gasteiger charge is -2.21. The van der Waals surface area contributed by atoms with Gasteiger partial charge in [-0.3, -0.25) is 4.79 Å². The van der Waals surface area contributed by atoms with Gasteiger partial charge in [0.25, 0.3) is 0 Å². The molecule has 1 fully saturated rings. The highest BCUT2D eigenvalue weighted by Crippen LogP contribution is 2.20. The molecule has 1 saturated carbocycles. The van der Waals surface area contributed by atoms with Crippen molar-refractivity contribution in [1.82, 2.24) is 0 Å². The number of carbonyl (C=O) groups is 2. The molecule has 0 unspecified atom stereocenters. The van der Waals surface area contributed by atoms with Crippen molar-refractivity contribution in [2.45, 2.75) is 51.0 Å². The summed E-state index contributed by atoms with van der Waals surface area (Å²) in [5.74, 6) is -0.223. The van der Waals surface area contributed by atoms with Crippen molar-refractivity contribution in [2.24, 2.45) is 0 Å². The quantitative estimate of drug-likeness (QED) is 0.494. The molecule has 3 heteroatoms. The van der Waals surface area contributed by atoms with Gasteiger partial charge < -0.3 is 9.53 Å². The summed E-state index contributed by atoms with van der Waals surface area (Å²) in [6.07, 6.45) is 6.94. The number of ether oxygens (including phenoxy) is 1. The van der Waals surface area contributed by atoms with Crippen LogP contribution in [0, 0.1) is 0 Å². The van der Waals surface area contributed by atoms with E-state index in [0.717, 1.165) is 32.0 Å². The maximum Gasteiger partial charge on any atom is 0.306 e. The van der Waals surface area contributed by atoms with Crippen LogP contribution in [-0.4, -0.2) is 18.4 Å². The van der Waals surface area contributed by atoms with Crippen LogP contribution in [-0.2, 0) is 14.3 Å². The largest absolute Gasteiger partial charge is 0.462 e. The van der Waals surface area contributed by atoms with Gasteiger partial charge in [0.05, 0.1) is 6.42 Å². The molecular formula is C10H16O3. The predicted octanol–water partition coefficient (Wildman–Crippen LogP) is 1.84. The second kappa shape index (κ2) is 5.73. The van der Waals surface area contributed by atoms with Crippen LogP contribution in [0.5, 0.6) is 0 Å². The summed E-state index contributed by atoms with van der Waals surface area (Å²) in [6, 6.07) is 0. The third-order valence-electron chi connectivity index (χ3n) is 2.32. The Bertz CT molecular complexity index is 171. The molecule has 74 valence electrons. The van der Waals surface area contributed by atoms with Gasteiger partial charge in [-0.15, -0.1) is 0 Å². The van der Waals surface area contributed by atoms with Crippen LogP contribution in [0.15, 0.2) is 0 Å².